The Labute approximate surface area is 172 Å². The minimum atomic E-state index is -4.21. The molecule has 0 heterocycles. The number of hydrogen-bond donors (Lipinski definition) is 1. The molecule has 0 aromatic heterocycles. The van der Waals surface area contributed by atoms with E-state index in [1.54, 1.807) is 0 Å². The molecular formula is C18H37NaO4S. The quantitative estimate of drug-likeness (QED) is 0.240. The summed E-state index contributed by atoms with van der Waals surface area (Å²) in [4.78, 5) is 0. The minimum Gasteiger partial charge on any atom is -0.748 e. The van der Waals surface area contributed by atoms with Crippen molar-refractivity contribution >= 4 is 10.1 Å². The van der Waals surface area contributed by atoms with E-state index in [1.165, 1.54) is 57.8 Å². The van der Waals surface area contributed by atoms with E-state index in [9.17, 15) is 13.0 Å². The fraction of sp³-hybridized carbons (Fsp3) is 1.00. The van der Waals surface area contributed by atoms with Crippen molar-refractivity contribution in [2.24, 2.45) is 0 Å². The molecule has 0 amide bonds. The van der Waals surface area contributed by atoms with Crippen molar-refractivity contribution in [2.45, 2.75) is 108 Å². The zero-order valence-electron chi connectivity index (χ0n) is 16.0. The molecule has 0 rings (SSSR count). The standard InChI is InChI=1S/C18H38O4S.Na/c1-2-3-4-5-6-7-8-9-10-11-12-13-15-18(16-14-17-19)23(20,21)22;/h18-19H,2-17H2,1H3,(H,20,21,22);/q;+1/p-1. The number of rotatable bonds is 17. The van der Waals surface area contributed by atoms with Crippen molar-refractivity contribution in [2.75, 3.05) is 6.61 Å². The van der Waals surface area contributed by atoms with E-state index in [1.807, 2.05) is 0 Å². The van der Waals surface area contributed by atoms with Gasteiger partial charge in [0.1, 0.15) is 0 Å². The zero-order chi connectivity index (χ0) is 17.4. The maximum atomic E-state index is 11.1. The van der Waals surface area contributed by atoms with Gasteiger partial charge in [-0.15, -0.1) is 0 Å². The predicted octanol–water partition coefficient (Wildman–Crippen LogP) is 1.77. The number of unbranched alkanes of at least 4 members (excludes halogenated alkanes) is 11. The molecule has 0 saturated carbocycles. The van der Waals surface area contributed by atoms with Gasteiger partial charge in [-0.3, -0.25) is 0 Å². The molecule has 4 nitrogen and oxygen atoms in total. The summed E-state index contributed by atoms with van der Waals surface area (Å²) in [6, 6.07) is 0. The maximum Gasteiger partial charge on any atom is 1.00 e. The Balaban J connectivity index is 0. The van der Waals surface area contributed by atoms with Gasteiger partial charge in [0.25, 0.3) is 0 Å². The minimum absolute atomic E-state index is 0. The summed E-state index contributed by atoms with van der Waals surface area (Å²) < 4.78 is 33.4. The largest absolute Gasteiger partial charge is 1.00 e. The Hall–Kier alpha value is 0.870. The first-order chi connectivity index (χ1) is 11.0. The average Bonchev–Trinajstić information content (AvgIpc) is 2.50. The third-order valence-corrected chi connectivity index (χ3v) is 5.76. The fourth-order valence-electron chi connectivity index (χ4n) is 2.96. The summed E-state index contributed by atoms with van der Waals surface area (Å²) in [7, 11) is -4.21. The summed E-state index contributed by atoms with van der Waals surface area (Å²) in [5, 5.41) is 7.95. The van der Waals surface area contributed by atoms with Crippen molar-refractivity contribution in [3.63, 3.8) is 0 Å². The molecule has 1 unspecified atom stereocenters. The SMILES string of the molecule is CCCCCCCCCCCCCCC(CCCO)S(=O)(=O)[O-].[Na+]. The molecule has 0 radical (unpaired) electrons. The Morgan fingerprint density at radius 1 is 0.750 bits per heavy atom. The molecule has 0 bridgehead atoms. The van der Waals surface area contributed by atoms with Crippen LogP contribution in [0, 0.1) is 0 Å². The first kappa shape index (κ1) is 27.1. The molecule has 0 spiro atoms. The summed E-state index contributed by atoms with van der Waals surface area (Å²) in [6.07, 6.45) is 15.9. The van der Waals surface area contributed by atoms with Crippen molar-refractivity contribution < 1.29 is 47.6 Å². The summed E-state index contributed by atoms with van der Waals surface area (Å²) in [5.41, 5.74) is 0. The molecule has 0 saturated heterocycles. The van der Waals surface area contributed by atoms with E-state index in [0.717, 1.165) is 19.3 Å². The van der Waals surface area contributed by atoms with E-state index in [0.29, 0.717) is 19.3 Å². The second-order valence-electron chi connectivity index (χ2n) is 6.66. The second-order valence-corrected chi connectivity index (χ2v) is 8.31. The Bertz CT molecular complexity index is 347. The van der Waals surface area contributed by atoms with E-state index in [-0.39, 0.29) is 36.2 Å². The number of aliphatic hydroxyl groups is 1. The Kier molecular flexibility index (Phi) is 21.1. The normalized spacial score (nSPS) is 12.8. The summed E-state index contributed by atoms with van der Waals surface area (Å²) in [6.45, 7) is 2.19. The topological polar surface area (TPSA) is 77.4 Å². The van der Waals surface area contributed by atoms with Crippen molar-refractivity contribution in [1.82, 2.24) is 0 Å². The second kappa shape index (κ2) is 18.7. The van der Waals surface area contributed by atoms with Crippen LogP contribution in [0.1, 0.15) is 103 Å². The fourth-order valence-corrected chi connectivity index (χ4v) is 3.88. The van der Waals surface area contributed by atoms with Crippen LogP contribution in [0.4, 0.5) is 0 Å². The first-order valence-corrected chi connectivity index (χ1v) is 11.0. The zero-order valence-corrected chi connectivity index (χ0v) is 18.8. The van der Waals surface area contributed by atoms with Crippen LogP contribution >= 0.6 is 0 Å². The molecule has 1 N–H and O–H groups in total. The van der Waals surface area contributed by atoms with Gasteiger partial charge in [-0.1, -0.05) is 84.0 Å². The molecule has 0 aliphatic heterocycles. The smallest absolute Gasteiger partial charge is 0.748 e. The van der Waals surface area contributed by atoms with Crippen LogP contribution in [0.25, 0.3) is 0 Å². The number of aliphatic hydroxyl groups excluding tert-OH is 1. The van der Waals surface area contributed by atoms with E-state index in [4.69, 9.17) is 5.11 Å². The van der Waals surface area contributed by atoms with Crippen LogP contribution in [0.15, 0.2) is 0 Å². The summed E-state index contributed by atoms with van der Waals surface area (Å²) in [5.74, 6) is 0. The van der Waals surface area contributed by atoms with Gasteiger partial charge in [0.15, 0.2) is 0 Å². The first-order valence-electron chi connectivity index (χ1n) is 9.58. The van der Waals surface area contributed by atoms with Crippen molar-refractivity contribution in [1.29, 1.82) is 0 Å². The Morgan fingerprint density at radius 3 is 1.50 bits per heavy atom. The van der Waals surface area contributed by atoms with E-state index in [2.05, 4.69) is 6.92 Å². The monoisotopic (exact) mass is 372 g/mol. The van der Waals surface area contributed by atoms with E-state index < -0.39 is 15.4 Å². The third kappa shape index (κ3) is 17.7. The van der Waals surface area contributed by atoms with Gasteiger partial charge in [-0.05, 0) is 19.3 Å². The molecular weight excluding hydrogens is 335 g/mol. The predicted molar refractivity (Wildman–Crippen MR) is 95.5 cm³/mol. The van der Waals surface area contributed by atoms with Crippen LogP contribution in [0.5, 0.6) is 0 Å². The molecule has 0 aromatic rings. The van der Waals surface area contributed by atoms with Crippen LogP contribution in [0.2, 0.25) is 0 Å². The van der Waals surface area contributed by atoms with Crippen LogP contribution < -0.4 is 29.6 Å². The van der Waals surface area contributed by atoms with Gasteiger partial charge in [-0.2, -0.15) is 0 Å². The molecule has 24 heavy (non-hydrogen) atoms. The summed E-state index contributed by atoms with van der Waals surface area (Å²) >= 11 is 0. The molecule has 0 aliphatic carbocycles. The molecule has 6 heteroatoms. The van der Waals surface area contributed by atoms with Gasteiger partial charge in [0.05, 0.1) is 10.1 Å². The van der Waals surface area contributed by atoms with Crippen LogP contribution in [-0.2, 0) is 10.1 Å². The Morgan fingerprint density at radius 2 is 1.12 bits per heavy atom. The van der Waals surface area contributed by atoms with Gasteiger partial charge >= 0.3 is 29.6 Å². The van der Waals surface area contributed by atoms with Gasteiger partial charge in [-0.25, -0.2) is 8.42 Å². The molecule has 0 fully saturated rings. The third-order valence-electron chi connectivity index (χ3n) is 4.47. The van der Waals surface area contributed by atoms with Gasteiger partial charge in [0, 0.05) is 11.9 Å². The van der Waals surface area contributed by atoms with Crippen molar-refractivity contribution in [3.05, 3.63) is 0 Å². The van der Waals surface area contributed by atoms with Crippen LogP contribution in [0.3, 0.4) is 0 Å². The van der Waals surface area contributed by atoms with E-state index >= 15 is 0 Å². The van der Waals surface area contributed by atoms with Crippen molar-refractivity contribution in [3.8, 4) is 0 Å². The van der Waals surface area contributed by atoms with Gasteiger partial charge in [0.2, 0.25) is 0 Å². The van der Waals surface area contributed by atoms with Crippen LogP contribution in [-0.4, -0.2) is 29.9 Å². The van der Waals surface area contributed by atoms with Gasteiger partial charge < -0.3 is 9.66 Å². The number of hydrogen-bond acceptors (Lipinski definition) is 4. The average molecular weight is 373 g/mol. The molecule has 140 valence electrons. The molecule has 0 aromatic carbocycles. The molecule has 1 atom stereocenters. The maximum absolute atomic E-state index is 11.1. The molecule has 0 aliphatic rings.